The van der Waals surface area contributed by atoms with Gasteiger partial charge in [0.2, 0.25) is 0 Å². The lowest BCUT2D eigenvalue weighted by atomic mass is 10.1. The zero-order chi connectivity index (χ0) is 11.3. The molecule has 3 aromatic rings. The van der Waals surface area contributed by atoms with Gasteiger partial charge < -0.3 is 8.83 Å². The minimum atomic E-state index is -0.347. The summed E-state index contributed by atoms with van der Waals surface area (Å²) in [5.74, 6) is 0. The van der Waals surface area contributed by atoms with Crippen molar-refractivity contribution in [1.82, 2.24) is 0 Å². The van der Waals surface area contributed by atoms with Gasteiger partial charge in [-0.3, -0.25) is 0 Å². The summed E-state index contributed by atoms with van der Waals surface area (Å²) in [5.41, 5.74) is 1.83. The normalized spacial score (nSPS) is 11.4. The number of aryl methyl sites for hydroxylation is 1. The number of furan rings is 1. The van der Waals surface area contributed by atoms with Gasteiger partial charge in [0, 0.05) is 22.4 Å². The first-order valence-electron chi connectivity index (χ1n) is 4.77. The van der Waals surface area contributed by atoms with E-state index < -0.39 is 0 Å². The van der Waals surface area contributed by atoms with Gasteiger partial charge >= 0.3 is 5.63 Å². The summed E-state index contributed by atoms with van der Waals surface area (Å²) in [4.78, 5) is 11.2. The van der Waals surface area contributed by atoms with Crippen LogP contribution in [0.25, 0.3) is 21.9 Å². The highest BCUT2D eigenvalue weighted by atomic mass is 79.9. The summed E-state index contributed by atoms with van der Waals surface area (Å²) in [6.07, 6.45) is 0. The third kappa shape index (κ3) is 1.30. The van der Waals surface area contributed by atoms with Crippen LogP contribution in [0.15, 0.2) is 42.6 Å². The Kier molecular flexibility index (Phi) is 1.94. The molecule has 1 aromatic carbocycles. The van der Waals surface area contributed by atoms with Crippen molar-refractivity contribution in [2.45, 2.75) is 6.92 Å². The molecule has 16 heavy (non-hydrogen) atoms. The molecule has 3 rings (SSSR count). The number of benzene rings is 1. The van der Waals surface area contributed by atoms with E-state index in [1.807, 2.05) is 19.1 Å². The predicted molar refractivity (Wildman–Crippen MR) is 64.7 cm³/mol. The van der Waals surface area contributed by atoms with Gasteiger partial charge in [-0.25, -0.2) is 4.79 Å². The van der Waals surface area contributed by atoms with Crippen LogP contribution in [-0.4, -0.2) is 0 Å². The number of fused-ring (bicyclic) bond motifs is 2. The van der Waals surface area contributed by atoms with Crippen LogP contribution in [0.2, 0.25) is 0 Å². The zero-order valence-corrected chi connectivity index (χ0v) is 10.00. The van der Waals surface area contributed by atoms with Crippen LogP contribution in [0.1, 0.15) is 5.56 Å². The molecule has 4 heteroatoms. The molecule has 0 saturated carbocycles. The second-order valence-electron chi connectivity index (χ2n) is 3.64. The van der Waals surface area contributed by atoms with Crippen molar-refractivity contribution in [3.05, 3.63) is 44.9 Å². The van der Waals surface area contributed by atoms with E-state index in [1.54, 1.807) is 6.07 Å². The monoisotopic (exact) mass is 278 g/mol. The average Bonchev–Trinajstić information content (AvgIpc) is 2.61. The van der Waals surface area contributed by atoms with Crippen molar-refractivity contribution in [3.8, 4) is 0 Å². The van der Waals surface area contributed by atoms with Crippen LogP contribution in [0.4, 0.5) is 0 Å². The fourth-order valence-electron chi connectivity index (χ4n) is 1.88. The molecule has 2 heterocycles. The minimum absolute atomic E-state index is 0.347. The molecule has 0 aliphatic carbocycles. The minimum Gasteiger partial charge on any atom is -0.449 e. The quantitative estimate of drug-likeness (QED) is 0.590. The first kappa shape index (κ1) is 9.66. The molecule has 0 fully saturated rings. The van der Waals surface area contributed by atoms with E-state index in [1.165, 1.54) is 6.07 Å². The molecule has 0 aliphatic rings. The molecular weight excluding hydrogens is 272 g/mol. The Morgan fingerprint density at radius 3 is 2.62 bits per heavy atom. The molecule has 80 valence electrons. The highest BCUT2D eigenvalue weighted by Gasteiger charge is 2.10. The van der Waals surface area contributed by atoms with E-state index >= 15 is 0 Å². The molecule has 2 aromatic heterocycles. The molecule has 0 amide bonds. The summed E-state index contributed by atoms with van der Waals surface area (Å²) in [7, 11) is 0. The lowest BCUT2D eigenvalue weighted by Gasteiger charge is -2.00. The van der Waals surface area contributed by atoms with Gasteiger partial charge in [-0.05, 0) is 41.1 Å². The second kappa shape index (κ2) is 3.22. The molecule has 0 radical (unpaired) electrons. The smallest absolute Gasteiger partial charge is 0.336 e. The molecule has 0 unspecified atom stereocenters. The molecular formula is C12H7BrO3. The molecule has 0 aliphatic heterocycles. The van der Waals surface area contributed by atoms with E-state index in [9.17, 15) is 4.79 Å². The van der Waals surface area contributed by atoms with Crippen LogP contribution < -0.4 is 5.63 Å². The average molecular weight is 279 g/mol. The number of hydrogen-bond donors (Lipinski definition) is 0. The van der Waals surface area contributed by atoms with Crippen molar-refractivity contribution in [3.63, 3.8) is 0 Å². The zero-order valence-electron chi connectivity index (χ0n) is 8.41. The Morgan fingerprint density at radius 2 is 1.81 bits per heavy atom. The third-order valence-electron chi connectivity index (χ3n) is 2.59. The van der Waals surface area contributed by atoms with Crippen LogP contribution in [0.3, 0.4) is 0 Å². The van der Waals surface area contributed by atoms with Gasteiger partial charge in [-0.2, -0.15) is 0 Å². The maximum absolute atomic E-state index is 11.2. The Balaban J connectivity index is 2.60. The number of hydrogen-bond acceptors (Lipinski definition) is 3. The summed E-state index contributed by atoms with van der Waals surface area (Å²) >= 11 is 3.29. The van der Waals surface area contributed by atoms with E-state index in [2.05, 4.69) is 15.9 Å². The number of halogens is 1. The van der Waals surface area contributed by atoms with Crippen molar-refractivity contribution in [2.75, 3.05) is 0 Å². The van der Waals surface area contributed by atoms with Gasteiger partial charge in [-0.15, -0.1) is 0 Å². The molecule has 0 saturated heterocycles. The fraction of sp³-hybridized carbons (Fsp3) is 0.0833. The topological polar surface area (TPSA) is 43.4 Å². The highest BCUT2D eigenvalue weighted by molar-refractivity contribution is 9.10. The SMILES string of the molecule is Cc1c2oc(Br)cc2cc2ccc(=O)oc12. The molecule has 0 atom stereocenters. The molecule has 0 N–H and O–H groups in total. The Morgan fingerprint density at radius 1 is 1.06 bits per heavy atom. The number of rotatable bonds is 0. The maximum atomic E-state index is 11.2. The third-order valence-corrected chi connectivity index (χ3v) is 2.98. The predicted octanol–water partition coefficient (Wildman–Crippen LogP) is 3.61. The fourth-order valence-corrected chi connectivity index (χ4v) is 2.29. The van der Waals surface area contributed by atoms with Crippen molar-refractivity contribution in [2.24, 2.45) is 0 Å². The Labute approximate surface area is 98.8 Å². The summed E-state index contributed by atoms with van der Waals surface area (Å²) in [6.45, 7) is 1.88. The highest BCUT2D eigenvalue weighted by Crippen LogP contribution is 2.31. The second-order valence-corrected chi connectivity index (χ2v) is 4.42. The largest absolute Gasteiger partial charge is 0.449 e. The van der Waals surface area contributed by atoms with Crippen molar-refractivity contribution >= 4 is 37.9 Å². The van der Waals surface area contributed by atoms with Crippen molar-refractivity contribution < 1.29 is 8.83 Å². The Hall–Kier alpha value is -1.55. The van der Waals surface area contributed by atoms with E-state index in [0.29, 0.717) is 10.3 Å². The summed E-state index contributed by atoms with van der Waals surface area (Å²) in [6, 6.07) is 7.01. The maximum Gasteiger partial charge on any atom is 0.336 e. The van der Waals surface area contributed by atoms with Gasteiger partial charge in [0.1, 0.15) is 11.2 Å². The van der Waals surface area contributed by atoms with Crippen LogP contribution in [0, 0.1) is 6.92 Å². The molecule has 0 spiro atoms. The van der Waals surface area contributed by atoms with Crippen molar-refractivity contribution in [1.29, 1.82) is 0 Å². The Bertz CT molecular complexity index is 752. The van der Waals surface area contributed by atoms with Gasteiger partial charge in [0.15, 0.2) is 4.67 Å². The molecule has 0 bridgehead atoms. The summed E-state index contributed by atoms with van der Waals surface area (Å²) in [5, 5.41) is 1.89. The van der Waals surface area contributed by atoms with Gasteiger partial charge in [0.05, 0.1) is 0 Å². The lowest BCUT2D eigenvalue weighted by Crippen LogP contribution is -1.95. The lowest BCUT2D eigenvalue weighted by molar-refractivity contribution is 0.554. The van der Waals surface area contributed by atoms with Crippen LogP contribution >= 0.6 is 15.9 Å². The molecule has 3 nitrogen and oxygen atoms in total. The van der Waals surface area contributed by atoms with E-state index in [4.69, 9.17) is 8.83 Å². The van der Waals surface area contributed by atoms with Crippen LogP contribution in [0.5, 0.6) is 0 Å². The summed E-state index contributed by atoms with van der Waals surface area (Å²) < 4.78 is 11.3. The van der Waals surface area contributed by atoms with Crippen LogP contribution in [-0.2, 0) is 0 Å². The van der Waals surface area contributed by atoms with E-state index in [0.717, 1.165) is 21.9 Å². The first-order chi connectivity index (χ1) is 7.65. The van der Waals surface area contributed by atoms with E-state index in [-0.39, 0.29) is 5.63 Å². The van der Waals surface area contributed by atoms with Gasteiger partial charge in [-0.1, -0.05) is 0 Å². The standard InChI is InChI=1S/C12H7BrO3/c1-6-11-7(2-3-10(14)16-11)4-8-5-9(13)15-12(6)8/h2-5H,1H3. The first-order valence-corrected chi connectivity index (χ1v) is 5.57. The van der Waals surface area contributed by atoms with Gasteiger partial charge in [0.25, 0.3) is 0 Å².